The number of nitrogens with one attached hydrogen (secondary N) is 2. The molecule has 0 spiro atoms. The number of hydrogen-bond donors (Lipinski definition) is 2. The highest BCUT2D eigenvalue weighted by Gasteiger charge is 2.36. The Labute approximate surface area is 204 Å². The molecule has 1 aliphatic rings. The van der Waals surface area contributed by atoms with Gasteiger partial charge >= 0.3 is 0 Å². The van der Waals surface area contributed by atoms with E-state index in [9.17, 15) is 27.2 Å². The quantitative estimate of drug-likeness (QED) is 0.439. The van der Waals surface area contributed by atoms with Gasteiger partial charge in [-0.05, 0) is 71.9 Å². The number of thioether (sulfide) groups is 1. The maximum atomic E-state index is 13.1. The van der Waals surface area contributed by atoms with E-state index in [2.05, 4.69) is 10.0 Å². The van der Waals surface area contributed by atoms with Gasteiger partial charge in [-0.2, -0.15) is 0 Å². The third-order valence-electron chi connectivity index (χ3n) is 4.81. The highest BCUT2D eigenvalue weighted by molar-refractivity contribution is 8.18. The average Bonchev–Trinajstić information content (AvgIpc) is 3.44. The van der Waals surface area contributed by atoms with Crippen molar-refractivity contribution in [1.29, 1.82) is 0 Å². The second kappa shape index (κ2) is 10.3. The van der Waals surface area contributed by atoms with Crippen LogP contribution in [0, 0.1) is 5.82 Å². The summed E-state index contributed by atoms with van der Waals surface area (Å²) in [5.74, 6) is -1.24. The molecule has 1 fully saturated rings. The normalized spacial score (nSPS) is 15.1. The second-order valence-corrected chi connectivity index (χ2v) is 10.1. The molecule has 0 atom stereocenters. The third kappa shape index (κ3) is 6.04. The monoisotopic (exact) mass is 515 g/mol. The number of rotatable bonds is 8. The minimum Gasteiger partial charge on any atom is -0.468 e. The molecule has 1 aromatic heterocycles. The zero-order valence-corrected chi connectivity index (χ0v) is 19.6. The molecule has 2 heterocycles. The van der Waals surface area contributed by atoms with E-state index in [1.54, 1.807) is 12.1 Å². The summed E-state index contributed by atoms with van der Waals surface area (Å²) in [5, 5.41) is 1.92. The molecule has 2 aromatic carbocycles. The van der Waals surface area contributed by atoms with Gasteiger partial charge in [-0.15, -0.1) is 0 Å². The molecule has 9 nitrogen and oxygen atoms in total. The number of hydrogen-bond acceptors (Lipinski definition) is 7. The highest BCUT2D eigenvalue weighted by atomic mass is 32.2. The predicted octanol–water partition coefficient (Wildman–Crippen LogP) is 3.57. The smallest absolute Gasteiger partial charge is 0.294 e. The van der Waals surface area contributed by atoms with Gasteiger partial charge in [-0.3, -0.25) is 19.3 Å². The van der Waals surface area contributed by atoms with Gasteiger partial charge in [0, 0.05) is 5.69 Å². The number of amides is 3. The van der Waals surface area contributed by atoms with Gasteiger partial charge in [-0.25, -0.2) is 17.5 Å². The number of carbonyl (C=O) groups is 3. The number of nitrogens with zero attached hydrogens (tertiary/aromatic N) is 1. The molecule has 180 valence electrons. The molecule has 3 aromatic rings. The Morgan fingerprint density at radius 1 is 1.06 bits per heavy atom. The fourth-order valence-electron chi connectivity index (χ4n) is 3.07. The van der Waals surface area contributed by atoms with Crippen molar-refractivity contribution in [2.24, 2.45) is 0 Å². The average molecular weight is 516 g/mol. The number of anilines is 1. The lowest BCUT2D eigenvalue weighted by molar-refractivity contribution is -0.127. The van der Waals surface area contributed by atoms with Gasteiger partial charge in [0.1, 0.15) is 18.1 Å². The van der Waals surface area contributed by atoms with Gasteiger partial charge in [0.25, 0.3) is 11.1 Å². The zero-order chi connectivity index (χ0) is 25.0. The molecule has 0 unspecified atom stereocenters. The first kappa shape index (κ1) is 24.4. The molecule has 0 bridgehead atoms. The molecule has 1 aliphatic heterocycles. The van der Waals surface area contributed by atoms with E-state index >= 15 is 0 Å². The lowest BCUT2D eigenvalue weighted by Gasteiger charge is -2.13. The molecule has 12 heteroatoms. The van der Waals surface area contributed by atoms with Crippen molar-refractivity contribution in [3.63, 3.8) is 0 Å². The van der Waals surface area contributed by atoms with Crippen LogP contribution >= 0.6 is 11.8 Å². The molecule has 1 saturated heterocycles. The first-order chi connectivity index (χ1) is 16.7. The summed E-state index contributed by atoms with van der Waals surface area (Å²) in [6, 6.07) is 14.1. The van der Waals surface area contributed by atoms with Crippen LogP contribution in [0.25, 0.3) is 6.08 Å². The Morgan fingerprint density at radius 2 is 1.77 bits per heavy atom. The van der Waals surface area contributed by atoms with Crippen molar-refractivity contribution in [1.82, 2.24) is 9.62 Å². The molecule has 4 rings (SSSR count). The summed E-state index contributed by atoms with van der Waals surface area (Å²) in [6.07, 6.45) is 2.88. The van der Waals surface area contributed by atoms with Gasteiger partial charge in [0.05, 0.1) is 22.6 Å². The molecule has 2 N–H and O–H groups in total. The molecule has 0 radical (unpaired) electrons. The maximum absolute atomic E-state index is 13.1. The minimum atomic E-state index is -3.80. The topological polar surface area (TPSA) is 126 Å². The maximum Gasteiger partial charge on any atom is 0.294 e. The summed E-state index contributed by atoms with van der Waals surface area (Å²) >= 11 is 0.682. The van der Waals surface area contributed by atoms with Crippen LogP contribution in [0.5, 0.6) is 0 Å². The van der Waals surface area contributed by atoms with Gasteiger partial charge < -0.3 is 9.73 Å². The highest BCUT2D eigenvalue weighted by Crippen LogP contribution is 2.32. The Kier molecular flexibility index (Phi) is 7.15. The molecular formula is C23H18FN3O6S2. The Hall–Kier alpha value is -3.74. The lowest BCUT2D eigenvalue weighted by Crippen LogP contribution is -2.36. The third-order valence-corrected chi connectivity index (χ3v) is 7.13. The molecule has 0 aliphatic carbocycles. The largest absolute Gasteiger partial charge is 0.468 e. The fourth-order valence-corrected chi connectivity index (χ4v) is 4.90. The number of furan rings is 1. The molecule has 0 saturated carbocycles. The van der Waals surface area contributed by atoms with Crippen molar-refractivity contribution < 1.29 is 31.6 Å². The minimum absolute atomic E-state index is 0.0126. The van der Waals surface area contributed by atoms with Crippen molar-refractivity contribution in [2.45, 2.75) is 11.4 Å². The summed E-state index contributed by atoms with van der Waals surface area (Å²) in [6.45, 7) is -0.530. The van der Waals surface area contributed by atoms with Crippen LogP contribution in [0.15, 0.2) is 81.1 Å². The zero-order valence-electron chi connectivity index (χ0n) is 17.9. The number of halogens is 1. The van der Waals surface area contributed by atoms with E-state index in [4.69, 9.17) is 4.42 Å². The second-order valence-electron chi connectivity index (χ2n) is 7.30. The summed E-state index contributed by atoms with van der Waals surface area (Å²) < 4.78 is 45.3. The van der Waals surface area contributed by atoms with E-state index in [1.807, 2.05) is 0 Å². The lowest BCUT2D eigenvalue weighted by atomic mass is 10.2. The first-order valence-corrected chi connectivity index (χ1v) is 12.4. The van der Waals surface area contributed by atoms with Crippen LogP contribution in [0.3, 0.4) is 0 Å². The van der Waals surface area contributed by atoms with Gasteiger partial charge in [-0.1, -0.05) is 12.1 Å². The predicted molar refractivity (Wildman–Crippen MR) is 127 cm³/mol. The molecular weight excluding hydrogens is 497 g/mol. The van der Waals surface area contributed by atoms with Gasteiger partial charge in [0.15, 0.2) is 0 Å². The van der Waals surface area contributed by atoms with Crippen LogP contribution < -0.4 is 10.0 Å². The van der Waals surface area contributed by atoms with Crippen LogP contribution in [0.1, 0.15) is 11.3 Å². The van der Waals surface area contributed by atoms with Crippen molar-refractivity contribution >= 4 is 50.6 Å². The summed E-state index contributed by atoms with van der Waals surface area (Å²) in [7, 11) is -3.80. The first-order valence-electron chi connectivity index (χ1n) is 10.1. The van der Waals surface area contributed by atoms with Crippen LogP contribution in [0.2, 0.25) is 0 Å². The number of sulfonamides is 1. The summed E-state index contributed by atoms with van der Waals surface area (Å²) in [5.41, 5.74) is 0.823. The number of imide groups is 1. The van der Waals surface area contributed by atoms with Crippen molar-refractivity contribution in [3.05, 3.63) is 89.0 Å². The van der Waals surface area contributed by atoms with Crippen LogP contribution in [-0.2, 0) is 26.2 Å². The fraction of sp³-hybridized carbons (Fsp3) is 0.0870. The number of carbonyl (C=O) groups excluding carboxylic acids is 3. The van der Waals surface area contributed by atoms with Crippen molar-refractivity contribution in [3.8, 4) is 0 Å². The van der Waals surface area contributed by atoms with Crippen LogP contribution in [-0.4, -0.2) is 36.9 Å². The Balaban J connectivity index is 1.35. The van der Waals surface area contributed by atoms with E-state index in [-0.39, 0.29) is 22.0 Å². The van der Waals surface area contributed by atoms with E-state index < -0.39 is 39.4 Å². The Bertz CT molecular complexity index is 1390. The molecule has 3 amide bonds. The van der Waals surface area contributed by atoms with Gasteiger partial charge in [0.2, 0.25) is 15.9 Å². The van der Waals surface area contributed by atoms with Crippen LogP contribution in [0.4, 0.5) is 14.9 Å². The SMILES string of the molecule is O=C(CN1C(=O)S/C(=C/c2ccc(F)cc2)C1=O)Nc1ccc(S(=O)(=O)NCc2ccco2)cc1. The summed E-state index contributed by atoms with van der Waals surface area (Å²) in [4.78, 5) is 38.1. The van der Waals surface area contributed by atoms with E-state index in [0.29, 0.717) is 23.1 Å². The molecule has 35 heavy (non-hydrogen) atoms. The number of benzene rings is 2. The van der Waals surface area contributed by atoms with E-state index in [1.165, 1.54) is 60.9 Å². The van der Waals surface area contributed by atoms with Crippen molar-refractivity contribution in [2.75, 3.05) is 11.9 Å². The standard InChI is InChI=1S/C23H18FN3O6S2/c24-16-5-3-15(4-6-16)12-20-22(29)27(23(30)34-20)14-21(28)26-17-7-9-19(10-8-17)35(31,32)25-13-18-2-1-11-33-18/h1-12,25H,13-14H2,(H,26,28)/b20-12+. The Morgan fingerprint density at radius 3 is 2.43 bits per heavy atom. The van der Waals surface area contributed by atoms with E-state index in [0.717, 1.165) is 4.90 Å².